The number of hydrogen-bond donors (Lipinski definition) is 1. The van der Waals surface area contributed by atoms with Crippen LogP contribution in [-0.4, -0.2) is 50.0 Å². The van der Waals surface area contributed by atoms with Gasteiger partial charge in [-0.15, -0.1) is 0 Å². The monoisotopic (exact) mass is 585 g/mol. The van der Waals surface area contributed by atoms with Crippen molar-refractivity contribution in [2.75, 3.05) is 17.1 Å². The van der Waals surface area contributed by atoms with E-state index in [4.69, 9.17) is 23.2 Å². The molecule has 2 aromatic carbocycles. The van der Waals surface area contributed by atoms with E-state index in [-0.39, 0.29) is 49.5 Å². The molecule has 1 atom stereocenters. The van der Waals surface area contributed by atoms with Gasteiger partial charge in [0.05, 0.1) is 22.0 Å². The van der Waals surface area contributed by atoms with Crippen LogP contribution in [0.2, 0.25) is 10.0 Å². The molecule has 11 heteroatoms. The molecule has 38 heavy (non-hydrogen) atoms. The van der Waals surface area contributed by atoms with Gasteiger partial charge in [0.25, 0.3) is 0 Å². The highest BCUT2D eigenvalue weighted by atomic mass is 35.5. The SMILES string of the molecule is CC[C@H](C(=O)NC1CCCC1)N(Cc1ccc(Cl)c(Cl)c1)C(=O)CCCN(c1ccccc1F)S(C)(=O)=O. The summed E-state index contributed by atoms with van der Waals surface area (Å²) in [5.74, 6) is -1.19. The Hall–Kier alpha value is -2.36. The van der Waals surface area contributed by atoms with Crippen molar-refractivity contribution in [2.45, 2.75) is 70.5 Å². The van der Waals surface area contributed by atoms with E-state index in [1.54, 1.807) is 24.3 Å². The van der Waals surface area contributed by atoms with Crippen LogP contribution < -0.4 is 9.62 Å². The lowest BCUT2D eigenvalue weighted by Crippen LogP contribution is -2.51. The second kappa shape index (κ2) is 13.6. The molecule has 7 nitrogen and oxygen atoms in total. The van der Waals surface area contributed by atoms with Gasteiger partial charge in [0, 0.05) is 25.6 Å². The third-order valence-electron chi connectivity index (χ3n) is 6.70. The second-order valence-corrected chi connectivity index (χ2v) is 12.3. The van der Waals surface area contributed by atoms with Crippen molar-refractivity contribution >= 4 is 50.7 Å². The Morgan fingerprint density at radius 3 is 2.39 bits per heavy atom. The summed E-state index contributed by atoms with van der Waals surface area (Å²) < 4.78 is 40.1. The van der Waals surface area contributed by atoms with E-state index in [1.807, 2.05) is 6.92 Å². The van der Waals surface area contributed by atoms with E-state index in [0.29, 0.717) is 22.0 Å². The number of anilines is 1. The summed E-state index contributed by atoms with van der Waals surface area (Å²) in [6, 6.07) is 10.0. The van der Waals surface area contributed by atoms with Crippen molar-refractivity contribution in [1.29, 1.82) is 0 Å². The molecule has 0 spiro atoms. The van der Waals surface area contributed by atoms with E-state index in [1.165, 1.54) is 23.1 Å². The molecule has 1 saturated carbocycles. The molecule has 0 aromatic heterocycles. The van der Waals surface area contributed by atoms with Crippen molar-refractivity contribution in [3.05, 3.63) is 63.9 Å². The predicted molar refractivity (Wildman–Crippen MR) is 149 cm³/mol. The topological polar surface area (TPSA) is 86.8 Å². The molecule has 0 unspecified atom stereocenters. The van der Waals surface area contributed by atoms with Crippen molar-refractivity contribution in [2.24, 2.45) is 0 Å². The average molecular weight is 587 g/mol. The molecule has 0 heterocycles. The number of nitrogens with zero attached hydrogens (tertiary/aromatic N) is 2. The first kappa shape index (κ1) is 30.2. The molecule has 208 valence electrons. The number of benzene rings is 2. The number of hydrogen-bond acceptors (Lipinski definition) is 4. The molecule has 0 radical (unpaired) electrons. The Labute approximate surface area is 234 Å². The fourth-order valence-corrected chi connectivity index (χ4v) is 6.04. The van der Waals surface area contributed by atoms with Crippen molar-refractivity contribution in [1.82, 2.24) is 10.2 Å². The number of nitrogens with one attached hydrogen (secondary N) is 1. The Morgan fingerprint density at radius 2 is 1.79 bits per heavy atom. The maximum absolute atomic E-state index is 14.3. The lowest BCUT2D eigenvalue weighted by Gasteiger charge is -2.32. The second-order valence-electron chi connectivity index (χ2n) is 9.57. The molecular formula is C27H34Cl2FN3O4S. The minimum Gasteiger partial charge on any atom is -0.352 e. The van der Waals surface area contributed by atoms with Crippen LogP contribution in [-0.2, 0) is 26.2 Å². The molecular weight excluding hydrogens is 552 g/mol. The van der Waals surface area contributed by atoms with E-state index < -0.39 is 21.9 Å². The molecule has 1 aliphatic carbocycles. The van der Waals surface area contributed by atoms with Crippen LogP contribution >= 0.6 is 23.2 Å². The fraction of sp³-hybridized carbons (Fsp3) is 0.481. The molecule has 1 fully saturated rings. The van der Waals surface area contributed by atoms with E-state index in [0.717, 1.165) is 36.2 Å². The maximum atomic E-state index is 14.3. The van der Waals surface area contributed by atoms with Crippen LogP contribution in [0.1, 0.15) is 57.4 Å². The Kier molecular flexibility index (Phi) is 10.8. The molecule has 2 amide bonds. The van der Waals surface area contributed by atoms with Crippen molar-refractivity contribution < 1.29 is 22.4 Å². The van der Waals surface area contributed by atoms with Crippen LogP contribution in [0.3, 0.4) is 0 Å². The number of para-hydroxylation sites is 1. The fourth-order valence-electron chi connectivity index (χ4n) is 4.76. The van der Waals surface area contributed by atoms with Crippen LogP contribution in [0.25, 0.3) is 0 Å². The van der Waals surface area contributed by atoms with E-state index in [2.05, 4.69) is 5.32 Å². The summed E-state index contributed by atoms with van der Waals surface area (Å²) in [5, 5.41) is 3.81. The largest absolute Gasteiger partial charge is 0.352 e. The Bertz CT molecular complexity index is 1240. The number of halogens is 3. The molecule has 0 aliphatic heterocycles. The van der Waals surface area contributed by atoms with Crippen molar-refractivity contribution in [3.8, 4) is 0 Å². The van der Waals surface area contributed by atoms with Crippen molar-refractivity contribution in [3.63, 3.8) is 0 Å². The highest BCUT2D eigenvalue weighted by Crippen LogP contribution is 2.26. The van der Waals surface area contributed by atoms with Gasteiger partial charge in [-0.25, -0.2) is 12.8 Å². The average Bonchev–Trinajstić information content (AvgIpc) is 3.36. The Balaban J connectivity index is 1.78. The molecule has 3 rings (SSSR count). The van der Waals surface area contributed by atoms with Gasteiger partial charge in [0.2, 0.25) is 21.8 Å². The van der Waals surface area contributed by atoms with E-state index in [9.17, 15) is 22.4 Å². The number of rotatable bonds is 12. The maximum Gasteiger partial charge on any atom is 0.243 e. The first-order chi connectivity index (χ1) is 18.0. The number of amides is 2. The standard InChI is InChI=1S/C27H34Cl2FN3O4S/c1-3-24(27(35)31-20-9-4-5-10-20)32(18-19-14-15-21(28)22(29)17-19)26(34)13-8-16-33(38(2,36)37)25-12-7-6-11-23(25)30/h6-7,11-12,14-15,17,20,24H,3-5,8-10,13,16,18H2,1-2H3,(H,31,35)/t24-/m1/s1. The van der Waals surface area contributed by atoms with Gasteiger partial charge in [-0.2, -0.15) is 0 Å². The summed E-state index contributed by atoms with van der Waals surface area (Å²) >= 11 is 12.2. The smallest absolute Gasteiger partial charge is 0.243 e. The molecule has 2 aromatic rings. The number of carbonyl (C=O) groups excluding carboxylic acids is 2. The zero-order chi connectivity index (χ0) is 27.9. The first-order valence-corrected chi connectivity index (χ1v) is 15.4. The summed E-state index contributed by atoms with van der Waals surface area (Å²) in [7, 11) is -3.79. The van der Waals surface area contributed by atoms with Gasteiger partial charge in [-0.05, 0) is 55.5 Å². The summed E-state index contributed by atoms with van der Waals surface area (Å²) in [6.45, 7) is 1.89. The minimum absolute atomic E-state index is 0.0327. The third kappa shape index (κ3) is 8.07. The van der Waals surface area contributed by atoms with Crippen LogP contribution in [0.5, 0.6) is 0 Å². The number of sulfonamides is 1. The number of carbonyl (C=O) groups is 2. The highest BCUT2D eigenvalue weighted by Gasteiger charge is 2.31. The lowest BCUT2D eigenvalue weighted by atomic mass is 10.1. The van der Waals surface area contributed by atoms with Crippen LogP contribution in [0.4, 0.5) is 10.1 Å². The quantitative estimate of drug-likeness (QED) is 0.354. The van der Waals surface area contributed by atoms with Crippen LogP contribution in [0, 0.1) is 5.82 Å². The van der Waals surface area contributed by atoms with Gasteiger partial charge in [0.15, 0.2) is 0 Å². The summed E-state index contributed by atoms with van der Waals surface area (Å²) in [4.78, 5) is 28.3. The van der Waals surface area contributed by atoms with Gasteiger partial charge >= 0.3 is 0 Å². The van der Waals surface area contributed by atoms with Gasteiger partial charge in [-0.3, -0.25) is 13.9 Å². The Morgan fingerprint density at radius 1 is 1.11 bits per heavy atom. The first-order valence-electron chi connectivity index (χ1n) is 12.8. The lowest BCUT2D eigenvalue weighted by molar-refractivity contribution is -0.141. The summed E-state index contributed by atoms with van der Waals surface area (Å²) in [5.41, 5.74) is 0.640. The highest BCUT2D eigenvalue weighted by molar-refractivity contribution is 7.92. The predicted octanol–water partition coefficient (Wildman–Crippen LogP) is 5.54. The normalized spacial score (nSPS) is 14.8. The molecule has 1 N–H and O–H groups in total. The van der Waals surface area contributed by atoms with E-state index >= 15 is 0 Å². The molecule has 0 bridgehead atoms. The van der Waals surface area contributed by atoms with Gasteiger partial charge in [0.1, 0.15) is 11.9 Å². The van der Waals surface area contributed by atoms with Gasteiger partial charge < -0.3 is 10.2 Å². The van der Waals surface area contributed by atoms with Crippen LogP contribution in [0.15, 0.2) is 42.5 Å². The molecule has 0 saturated heterocycles. The summed E-state index contributed by atoms with van der Waals surface area (Å²) in [6.07, 6.45) is 5.46. The minimum atomic E-state index is -3.79. The molecule has 1 aliphatic rings. The zero-order valence-corrected chi connectivity index (χ0v) is 24.0. The third-order valence-corrected chi connectivity index (χ3v) is 8.62. The van der Waals surface area contributed by atoms with Gasteiger partial charge in [-0.1, -0.05) is 61.2 Å². The zero-order valence-electron chi connectivity index (χ0n) is 21.6.